The number of hydrogen-bond acceptors (Lipinski definition) is 2. The van der Waals surface area contributed by atoms with Crippen LogP contribution in [0.4, 0.5) is 11.4 Å². The van der Waals surface area contributed by atoms with Crippen LogP contribution in [-0.4, -0.2) is 18.4 Å². The fraction of sp³-hybridized carbons (Fsp3) is 0.364. The number of aryl methyl sites for hydroxylation is 1. The maximum absolute atomic E-state index is 12.5. The Labute approximate surface area is 155 Å². The molecule has 0 aliphatic carbocycles. The van der Waals surface area contributed by atoms with E-state index in [1.54, 1.807) is 6.92 Å². The number of nitrogens with one attached hydrogen (secondary N) is 1. The van der Waals surface area contributed by atoms with Crippen LogP contribution in [0.15, 0.2) is 48.5 Å². The summed E-state index contributed by atoms with van der Waals surface area (Å²) >= 11 is 0. The molecule has 2 aromatic carbocycles. The third-order valence-corrected chi connectivity index (χ3v) is 5.06. The maximum Gasteiger partial charge on any atom is 0.224 e. The fourth-order valence-electron chi connectivity index (χ4n) is 3.66. The summed E-state index contributed by atoms with van der Waals surface area (Å²) in [6, 6.07) is 16.0. The van der Waals surface area contributed by atoms with Crippen LogP contribution in [0.1, 0.15) is 50.2 Å². The van der Waals surface area contributed by atoms with E-state index in [-0.39, 0.29) is 17.7 Å². The van der Waals surface area contributed by atoms with E-state index in [9.17, 15) is 9.59 Å². The molecule has 26 heavy (non-hydrogen) atoms. The van der Waals surface area contributed by atoms with Gasteiger partial charge in [-0.1, -0.05) is 37.3 Å². The highest BCUT2D eigenvalue weighted by atomic mass is 16.2. The van der Waals surface area contributed by atoms with Crippen molar-refractivity contribution in [2.75, 3.05) is 16.8 Å². The molecule has 0 saturated heterocycles. The lowest BCUT2D eigenvalue weighted by Gasteiger charge is -2.29. The van der Waals surface area contributed by atoms with Crippen LogP contribution in [0, 0.1) is 0 Å². The molecule has 2 aromatic rings. The van der Waals surface area contributed by atoms with Gasteiger partial charge in [0.1, 0.15) is 0 Å². The second-order valence-corrected chi connectivity index (χ2v) is 6.89. The number of amides is 2. The Hall–Kier alpha value is -2.62. The summed E-state index contributed by atoms with van der Waals surface area (Å²) in [7, 11) is 0. The van der Waals surface area contributed by atoms with E-state index in [4.69, 9.17) is 0 Å². The summed E-state index contributed by atoms with van der Waals surface area (Å²) in [5, 5.41) is 3.03. The quantitative estimate of drug-likeness (QED) is 0.862. The first kappa shape index (κ1) is 18.2. The number of benzene rings is 2. The highest BCUT2D eigenvalue weighted by Gasteiger charge is 2.20. The standard InChI is InChI=1S/C22H26N2O2/c1-3-17(18-8-5-4-6-9-18)15-22(26)23-20-11-12-21-19(14-20)10-7-13-24(21)16(2)25/h4-6,8-9,11-12,14,17H,3,7,10,13,15H2,1-2H3,(H,23,26). The number of fused-ring (bicyclic) bond motifs is 1. The van der Waals surface area contributed by atoms with Crippen molar-refractivity contribution < 1.29 is 9.59 Å². The molecule has 1 aliphatic heterocycles. The lowest BCUT2D eigenvalue weighted by molar-refractivity contribution is -0.117. The van der Waals surface area contributed by atoms with Crippen LogP contribution in [0.2, 0.25) is 0 Å². The Balaban J connectivity index is 1.69. The van der Waals surface area contributed by atoms with E-state index in [1.807, 2.05) is 41.3 Å². The van der Waals surface area contributed by atoms with Crippen LogP contribution in [0.25, 0.3) is 0 Å². The lowest BCUT2D eigenvalue weighted by Crippen LogP contribution is -2.33. The van der Waals surface area contributed by atoms with Gasteiger partial charge >= 0.3 is 0 Å². The van der Waals surface area contributed by atoms with Crippen molar-refractivity contribution in [2.45, 2.75) is 45.4 Å². The first-order valence-corrected chi connectivity index (χ1v) is 9.34. The number of rotatable bonds is 5. The predicted octanol–water partition coefficient (Wildman–Crippen LogP) is 4.51. The van der Waals surface area contributed by atoms with Crippen LogP contribution in [0.5, 0.6) is 0 Å². The Morgan fingerprint density at radius 3 is 2.62 bits per heavy atom. The first-order chi connectivity index (χ1) is 12.6. The average molecular weight is 350 g/mol. The summed E-state index contributed by atoms with van der Waals surface area (Å²) in [4.78, 5) is 26.1. The van der Waals surface area contributed by atoms with Gasteiger partial charge in [-0.2, -0.15) is 0 Å². The van der Waals surface area contributed by atoms with Crippen molar-refractivity contribution in [1.82, 2.24) is 0 Å². The molecule has 0 saturated carbocycles. The van der Waals surface area contributed by atoms with Gasteiger partial charge in [0.25, 0.3) is 0 Å². The molecule has 0 aromatic heterocycles. The van der Waals surface area contributed by atoms with Gasteiger partial charge in [0, 0.05) is 31.3 Å². The van der Waals surface area contributed by atoms with Crippen LogP contribution in [-0.2, 0) is 16.0 Å². The molecule has 0 bridgehead atoms. The number of anilines is 2. The van der Waals surface area contributed by atoms with Gasteiger partial charge < -0.3 is 10.2 Å². The zero-order valence-corrected chi connectivity index (χ0v) is 15.5. The van der Waals surface area contributed by atoms with E-state index in [1.165, 1.54) is 5.56 Å². The average Bonchev–Trinajstić information content (AvgIpc) is 2.66. The lowest BCUT2D eigenvalue weighted by atomic mass is 9.93. The Morgan fingerprint density at radius 2 is 1.92 bits per heavy atom. The molecular weight excluding hydrogens is 324 g/mol. The number of nitrogens with zero attached hydrogens (tertiary/aromatic N) is 1. The predicted molar refractivity (Wildman–Crippen MR) is 106 cm³/mol. The Morgan fingerprint density at radius 1 is 1.15 bits per heavy atom. The van der Waals surface area contributed by atoms with Gasteiger partial charge in [-0.15, -0.1) is 0 Å². The van der Waals surface area contributed by atoms with Gasteiger partial charge in [0.2, 0.25) is 11.8 Å². The van der Waals surface area contributed by atoms with Gasteiger partial charge in [-0.25, -0.2) is 0 Å². The van der Waals surface area contributed by atoms with Gasteiger partial charge in [-0.05, 0) is 54.5 Å². The molecule has 3 rings (SSSR count). The largest absolute Gasteiger partial charge is 0.326 e. The zero-order chi connectivity index (χ0) is 18.5. The minimum absolute atomic E-state index is 0.0277. The molecule has 4 heteroatoms. The summed E-state index contributed by atoms with van der Waals surface area (Å²) in [5.41, 5.74) is 4.10. The second kappa shape index (κ2) is 8.17. The number of carbonyl (C=O) groups excluding carboxylic acids is 2. The number of hydrogen-bond donors (Lipinski definition) is 1. The molecule has 136 valence electrons. The second-order valence-electron chi connectivity index (χ2n) is 6.89. The van der Waals surface area contributed by atoms with Crippen LogP contribution >= 0.6 is 0 Å². The van der Waals surface area contributed by atoms with Gasteiger partial charge in [0.15, 0.2) is 0 Å². The van der Waals surface area contributed by atoms with E-state index in [2.05, 4.69) is 24.4 Å². The van der Waals surface area contributed by atoms with E-state index < -0.39 is 0 Å². The molecule has 1 unspecified atom stereocenters. The molecule has 1 aliphatic rings. The molecule has 0 fully saturated rings. The SMILES string of the molecule is CCC(CC(=O)Nc1ccc2c(c1)CCCN2C(C)=O)c1ccccc1. The van der Waals surface area contributed by atoms with E-state index >= 15 is 0 Å². The molecular formula is C22H26N2O2. The molecule has 1 atom stereocenters. The normalized spacial score (nSPS) is 14.5. The van der Waals surface area contributed by atoms with Crippen molar-refractivity contribution in [3.8, 4) is 0 Å². The van der Waals surface area contributed by atoms with E-state index in [0.717, 1.165) is 42.7 Å². The van der Waals surface area contributed by atoms with E-state index in [0.29, 0.717) is 6.42 Å². The summed E-state index contributed by atoms with van der Waals surface area (Å²) < 4.78 is 0. The van der Waals surface area contributed by atoms with Crippen molar-refractivity contribution >= 4 is 23.2 Å². The summed E-state index contributed by atoms with van der Waals surface area (Å²) in [6.45, 7) is 4.47. The third-order valence-electron chi connectivity index (χ3n) is 5.06. The zero-order valence-electron chi connectivity index (χ0n) is 15.5. The topological polar surface area (TPSA) is 49.4 Å². The highest BCUT2D eigenvalue weighted by Crippen LogP contribution is 2.30. The van der Waals surface area contributed by atoms with Gasteiger partial charge in [-0.3, -0.25) is 9.59 Å². The smallest absolute Gasteiger partial charge is 0.224 e. The molecule has 4 nitrogen and oxygen atoms in total. The highest BCUT2D eigenvalue weighted by molar-refractivity contribution is 5.95. The fourth-order valence-corrected chi connectivity index (χ4v) is 3.66. The maximum atomic E-state index is 12.5. The number of carbonyl (C=O) groups is 2. The van der Waals surface area contributed by atoms with Crippen molar-refractivity contribution in [2.24, 2.45) is 0 Å². The first-order valence-electron chi connectivity index (χ1n) is 9.34. The molecule has 1 N–H and O–H groups in total. The molecule has 0 radical (unpaired) electrons. The van der Waals surface area contributed by atoms with Crippen LogP contribution in [0.3, 0.4) is 0 Å². The Bertz CT molecular complexity index is 786. The minimum Gasteiger partial charge on any atom is -0.326 e. The Kier molecular flexibility index (Phi) is 5.71. The van der Waals surface area contributed by atoms with Gasteiger partial charge in [0.05, 0.1) is 0 Å². The minimum atomic E-state index is 0.0277. The summed E-state index contributed by atoms with van der Waals surface area (Å²) in [5.74, 6) is 0.318. The van der Waals surface area contributed by atoms with Crippen molar-refractivity contribution in [3.05, 3.63) is 59.7 Å². The monoisotopic (exact) mass is 350 g/mol. The van der Waals surface area contributed by atoms with Crippen LogP contribution < -0.4 is 10.2 Å². The summed E-state index contributed by atoms with van der Waals surface area (Å²) in [6.07, 6.45) is 3.28. The molecule has 1 heterocycles. The third kappa shape index (κ3) is 4.13. The van der Waals surface area contributed by atoms with Crippen molar-refractivity contribution in [1.29, 1.82) is 0 Å². The molecule has 0 spiro atoms. The van der Waals surface area contributed by atoms with Crippen molar-refractivity contribution in [3.63, 3.8) is 0 Å². The molecule has 2 amide bonds.